The van der Waals surface area contributed by atoms with E-state index in [1.165, 1.54) is 60.5 Å². The predicted molar refractivity (Wildman–Crippen MR) is 122 cm³/mol. The molecule has 0 spiro atoms. The number of sulfone groups is 1. The van der Waals surface area contributed by atoms with E-state index in [4.69, 9.17) is 0 Å². The fourth-order valence-corrected chi connectivity index (χ4v) is 6.48. The average Bonchev–Trinajstić information content (AvgIpc) is 3.25. The molecule has 9 nitrogen and oxygen atoms in total. The van der Waals surface area contributed by atoms with Gasteiger partial charge in [-0.15, -0.1) is 11.3 Å². The van der Waals surface area contributed by atoms with Gasteiger partial charge in [-0.1, -0.05) is 23.9 Å². The molecule has 12 heteroatoms. The number of esters is 1. The number of aromatic nitrogens is 1. The van der Waals surface area contributed by atoms with Gasteiger partial charge in [0.05, 0.1) is 40.4 Å². The van der Waals surface area contributed by atoms with Crippen LogP contribution < -0.4 is 10.6 Å². The monoisotopic (exact) mass is 503 g/mol. The number of fused-ring (bicyclic) bond motifs is 2. The van der Waals surface area contributed by atoms with Crippen molar-refractivity contribution in [1.29, 1.82) is 0 Å². The minimum Gasteiger partial charge on any atom is -0.468 e. The van der Waals surface area contributed by atoms with Crippen LogP contribution in [-0.4, -0.2) is 44.0 Å². The quantitative estimate of drug-likeness (QED) is 0.388. The van der Waals surface area contributed by atoms with Crippen LogP contribution in [-0.2, 0) is 25.9 Å². The third kappa shape index (κ3) is 4.77. The van der Waals surface area contributed by atoms with E-state index in [2.05, 4.69) is 20.4 Å². The summed E-state index contributed by atoms with van der Waals surface area (Å²) >= 11 is 2.57. The summed E-state index contributed by atoms with van der Waals surface area (Å²) in [7, 11) is -2.62. The number of amides is 2. The Morgan fingerprint density at radius 1 is 1.18 bits per heavy atom. The second-order valence-corrected chi connectivity index (χ2v) is 11.0. The van der Waals surface area contributed by atoms with Crippen LogP contribution in [0.2, 0.25) is 0 Å². The van der Waals surface area contributed by atoms with Crippen LogP contribution in [0.25, 0.3) is 0 Å². The second kappa shape index (κ2) is 9.33. The lowest BCUT2D eigenvalue weighted by molar-refractivity contribution is -0.137. The summed E-state index contributed by atoms with van der Waals surface area (Å²) in [5.74, 6) is -1.22. The first-order valence-electron chi connectivity index (χ1n) is 9.51. The van der Waals surface area contributed by atoms with Crippen molar-refractivity contribution in [3.8, 4) is 0 Å². The van der Waals surface area contributed by atoms with Gasteiger partial charge in [-0.3, -0.25) is 14.4 Å². The van der Waals surface area contributed by atoms with Gasteiger partial charge in [0.15, 0.2) is 4.34 Å². The molecule has 1 aromatic heterocycles. The molecule has 2 N–H and O–H groups in total. The van der Waals surface area contributed by atoms with Crippen LogP contribution in [0.1, 0.15) is 25.6 Å². The maximum absolute atomic E-state index is 13.0. The van der Waals surface area contributed by atoms with E-state index in [0.717, 1.165) is 4.88 Å². The topological polar surface area (TPSA) is 132 Å². The van der Waals surface area contributed by atoms with Crippen LogP contribution in [0.15, 0.2) is 62.8 Å². The number of rotatable bonds is 6. The maximum atomic E-state index is 13.0. The number of hydrogen-bond acceptors (Lipinski definition) is 9. The largest absolute Gasteiger partial charge is 0.468 e. The number of hydrogen-bond donors (Lipinski definition) is 2. The number of nitrogens with one attached hydrogen (secondary N) is 2. The van der Waals surface area contributed by atoms with Crippen LogP contribution in [0.4, 0.5) is 5.69 Å². The number of carbonyl (C=O) groups is 3. The summed E-state index contributed by atoms with van der Waals surface area (Å²) < 4.78 is 31.3. The van der Waals surface area contributed by atoms with Crippen molar-refractivity contribution in [2.75, 3.05) is 18.2 Å². The van der Waals surface area contributed by atoms with Gasteiger partial charge in [-0.05, 0) is 30.3 Å². The number of nitrogens with zero attached hydrogens (tertiary/aromatic N) is 1. The molecule has 0 atom stereocenters. The Hall–Kier alpha value is -3.22. The van der Waals surface area contributed by atoms with Crippen molar-refractivity contribution in [3.63, 3.8) is 0 Å². The highest BCUT2D eigenvalue weighted by Gasteiger charge is 2.31. The van der Waals surface area contributed by atoms with Gasteiger partial charge in [-0.25, -0.2) is 13.4 Å². The summed E-state index contributed by atoms with van der Waals surface area (Å²) in [6, 6.07) is 10.0. The van der Waals surface area contributed by atoms with Crippen molar-refractivity contribution < 1.29 is 27.5 Å². The first kappa shape index (κ1) is 23.0. The first-order valence-corrected chi connectivity index (χ1v) is 12.8. The zero-order valence-corrected chi connectivity index (χ0v) is 19.6. The van der Waals surface area contributed by atoms with E-state index >= 15 is 0 Å². The highest BCUT2D eigenvalue weighted by molar-refractivity contribution is 8.01. The van der Waals surface area contributed by atoms with E-state index in [1.807, 2.05) is 0 Å². The number of thioether (sulfide) groups is 1. The van der Waals surface area contributed by atoms with Crippen LogP contribution in [0.3, 0.4) is 0 Å². The van der Waals surface area contributed by atoms with E-state index in [1.54, 1.807) is 18.3 Å². The Morgan fingerprint density at radius 2 is 1.97 bits per heavy atom. The molecule has 0 aliphatic carbocycles. The summed E-state index contributed by atoms with van der Waals surface area (Å²) in [4.78, 5) is 41.2. The fourth-order valence-electron chi connectivity index (χ4n) is 3.09. The molecule has 0 bridgehead atoms. The molecule has 0 radical (unpaired) electrons. The lowest BCUT2D eigenvalue weighted by Crippen LogP contribution is -2.22. The highest BCUT2D eigenvalue weighted by atomic mass is 32.2. The van der Waals surface area contributed by atoms with Crippen LogP contribution >= 0.6 is 23.1 Å². The Bertz CT molecular complexity index is 1370. The molecule has 4 rings (SSSR count). The summed E-state index contributed by atoms with van der Waals surface area (Å²) in [5, 5.41) is 5.33. The molecule has 0 unspecified atom stereocenters. The first-order chi connectivity index (χ1) is 15.8. The van der Waals surface area contributed by atoms with Gasteiger partial charge in [0.2, 0.25) is 9.84 Å². The van der Waals surface area contributed by atoms with Gasteiger partial charge in [0.1, 0.15) is 0 Å². The lowest BCUT2D eigenvalue weighted by atomic mass is 10.1. The number of ether oxygens (including phenoxy) is 1. The van der Waals surface area contributed by atoms with E-state index in [0.29, 0.717) is 4.34 Å². The van der Waals surface area contributed by atoms with Crippen LogP contribution in [0.5, 0.6) is 0 Å². The van der Waals surface area contributed by atoms with Crippen LogP contribution in [0, 0.1) is 0 Å². The maximum Gasteiger partial charge on any atom is 0.316 e. The SMILES string of the molecule is COC(=O)CSc1ncc(CNC(=O)c2ccc3c(c2)NC(=O)c2ccccc2S3(=O)=O)s1. The Morgan fingerprint density at radius 3 is 2.76 bits per heavy atom. The van der Waals surface area contributed by atoms with Gasteiger partial charge < -0.3 is 15.4 Å². The van der Waals surface area contributed by atoms with Gasteiger partial charge >= 0.3 is 5.97 Å². The summed E-state index contributed by atoms with van der Waals surface area (Å²) in [5.41, 5.74) is 0.286. The van der Waals surface area contributed by atoms with Crippen molar-refractivity contribution in [2.24, 2.45) is 0 Å². The average molecular weight is 504 g/mol. The normalized spacial score (nSPS) is 13.8. The molecule has 0 saturated carbocycles. The van der Waals surface area contributed by atoms with Crippen molar-refractivity contribution in [1.82, 2.24) is 10.3 Å². The molecule has 2 amide bonds. The summed E-state index contributed by atoms with van der Waals surface area (Å²) in [6.07, 6.45) is 1.60. The fraction of sp³-hybridized carbons (Fsp3) is 0.143. The van der Waals surface area contributed by atoms with Gasteiger partial charge in [0.25, 0.3) is 11.8 Å². The Kier molecular flexibility index (Phi) is 6.49. The molecule has 0 fully saturated rings. The summed E-state index contributed by atoms with van der Waals surface area (Å²) in [6.45, 7) is 0.197. The second-order valence-electron chi connectivity index (χ2n) is 6.80. The zero-order chi connectivity index (χ0) is 23.6. The molecule has 2 heterocycles. The lowest BCUT2D eigenvalue weighted by Gasteiger charge is -2.10. The molecule has 2 aromatic carbocycles. The molecule has 3 aromatic rings. The zero-order valence-electron chi connectivity index (χ0n) is 17.2. The minimum absolute atomic E-state index is 0.0446. The number of anilines is 1. The Labute approximate surface area is 197 Å². The smallest absolute Gasteiger partial charge is 0.316 e. The van der Waals surface area contributed by atoms with E-state index < -0.39 is 21.7 Å². The molecule has 170 valence electrons. The van der Waals surface area contributed by atoms with E-state index in [9.17, 15) is 22.8 Å². The van der Waals surface area contributed by atoms with E-state index in [-0.39, 0.29) is 44.9 Å². The molecule has 0 saturated heterocycles. The van der Waals surface area contributed by atoms with Crippen molar-refractivity contribution >= 4 is 56.4 Å². The predicted octanol–water partition coefficient (Wildman–Crippen LogP) is 2.74. The third-order valence-corrected chi connectivity index (χ3v) is 8.70. The number of methoxy groups -OCH3 is 1. The number of thiazole rings is 1. The van der Waals surface area contributed by atoms with Crippen molar-refractivity contribution in [2.45, 2.75) is 20.7 Å². The highest BCUT2D eigenvalue weighted by Crippen LogP contribution is 2.34. The van der Waals surface area contributed by atoms with Crippen molar-refractivity contribution in [3.05, 3.63) is 64.7 Å². The number of carbonyl (C=O) groups excluding carboxylic acids is 3. The minimum atomic E-state index is -3.94. The number of benzene rings is 2. The standard InChI is InChI=1S/C21H17N3O6S3/c1-30-18(25)11-31-21-23-10-13(32-21)9-22-19(26)12-6-7-17-15(8-12)24-20(27)14-4-2-3-5-16(14)33(17,28)29/h2-8,10H,9,11H2,1H3,(H,22,26)(H,24,27). The van der Waals surface area contributed by atoms with Gasteiger partial charge in [0, 0.05) is 16.6 Å². The van der Waals surface area contributed by atoms with Gasteiger partial charge in [-0.2, -0.15) is 0 Å². The molecular weight excluding hydrogens is 486 g/mol. The molecule has 1 aliphatic rings. The Balaban J connectivity index is 1.49. The molecular formula is C21H17N3O6S3. The third-order valence-electron chi connectivity index (χ3n) is 4.70. The molecule has 33 heavy (non-hydrogen) atoms. The molecule has 1 aliphatic heterocycles.